The monoisotopic (exact) mass is 297 g/mol. The molecule has 21 heavy (non-hydrogen) atoms. The summed E-state index contributed by atoms with van der Waals surface area (Å²) >= 11 is 0. The highest BCUT2D eigenvalue weighted by atomic mass is 16.6. The van der Waals surface area contributed by atoms with Crippen LogP contribution in [0.15, 0.2) is 4.79 Å². The van der Waals surface area contributed by atoms with Gasteiger partial charge >= 0.3 is 6.09 Å². The molecule has 0 radical (unpaired) electrons. The third kappa shape index (κ3) is 5.16. The first-order valence-electron chi connectivity index (χ1n) is 7.52. The molecule has 2 N–H and O–H groups in total. The molecule has 0 fully saturated rings. The fourth-order valence-corrected chi connectivity index (χ4v) is 2.32. The third-order valence-electron chi connectivity index (χ3n) is 3.24. The zero-order valence-corrected chi connectivity index (χ0v) is 13.8. The lowest BCUT2D eigenvalue weighted by atomic mass is 9.97. The van der Waals surface area contributed by atoms with E-state index in [0.29, 0.717) is 24.0 Å². The molecular weight excluding hydrogens is 270 g/mol. The highest BCUT2D eigenvalue weighted by Crippen LogP contribution is 2.26. The molecule has 5 nitrogen and oxygen atoms in total. The van der Waals surface area contributed by atoms with Gasteiger partial charge in [-0.25, -0.2) is 4.79 Å². The summed E-state index contributed by atoms with van der Waals surface area (Å²) in [6.07, 6.45) is -0.332. The van der Waals surface area contributed by atoms with Gasteiger partial charge in [0.1, 0.15) is 11.7 Å². The Kier molecular flexibility index (Phi) is 5.56. The Hall–Kier alpha value is -1.36. The molecule has 0 heterocycles. The number of ether oxygens (including phenoxy) is 1. The Morgan fingerprint density at radius 3 is 2.29 bits per heavy atom. The fourth-order valence-electron chi connectivity index (χ4n) is 2.32. The molecule has 1 aromatic rings. The number of amides is 1. The van der Waals surface area contributed by atoms with Gasteiger partial charge in [0, 0.05) is 11.1 Å². The molecule has 0 aliphatic heterocycles. The molecule has 1 rings (SSSR count). The van der Waals surface area contributed by atoms with E-state index in [1.165, 1.54) is 0 Å². The normalized spacial score (nSPS) is 15.2. The molecule has 2 atom stereocenters. The van der Waals surface area contributed by atoms with E-state index in [4.69, 9.17) is 4.74 Å². The van der Waals surface area contributed by atoms with E-state index in [2.05, 4.69) is 5.32 Å². The summed E-state index contributed by atoms with van der Waals surface area (Å²) < 4.78 is 5.22. The van der Waals surface area contributed by atoms with Crippen LogP contribution in [0.3, 0.4) is 0 Å². The largest absolute Gasteiger partial charge is 0.444 e. The number of aliphatic hydroxyl groups is 1. The molecule has 120 valence electrons. The maximum atomic E-state index is 11.9. The predicted octanol–water partition coefficient (Wildman–Crippen LogP) is 2.46. The van der Waals surface area contributed by atoms with E-state index in [1.54, 1.807) is 20.8 Å². The van der Waals surface area contributed by atoms with E-state index >= 15 is 0 Å². The SMILES string of the molecule is CCc1c(C(O)[C@H](CC(C)C)NC(=O)OC(C)(C)C)c1=O. The van der Waals surface area contributed by atoms with Crippen molar-refractivity contribution in [2.24, 2.45) is 5.92 Å². The number of alkyl carbamates (subject to hydrolysis) is 1. The first-order chi connectivity index (χ1) is 9.56. The number of hydrogen-bond acceptors (Lipinski definition) is 4. The molecule has 1 aromatic carbocycles. The minimum Gasteiger partial charge on any atom is -0.444 e. The lowest BCUT2D eigenvalue weighted by Crippen LogP contribution is -2.42. The molecule has 0 bridgehead atoms. The van der Waals surface area contributed by atoms with Crippen LogP contribution in [0.2, 0.25) is 0 Å². The lowest BCUT2D eigenvalue weighted by molar-refractivity contribution is 0.0405. The lowest BCUT2D eigenvalue weighted by Gasteiger charge is -2.26. The second kappa shape index (κ2) is 6.60. The Labute approximate surface area is 126 Å². The number of aliphatic hydroxyl groups excluding tert-OH is 1. The minimum atomic E-state index is -0.956. The standard InChI is InChI=1S/C16H27NO4/c1-7-10-12(13(10)18)14(19)11(8-9(2)3)17-15(20)21-16(4,5)6/h9,11,14,19H,7-8H2,1-6H3,(H,17,20)/t11-,14?/m0/s1. The van der Waals surface area contributed by atoms with Crippen molar-refractivity contribution in [1.29, 1.82) is 0 Å². The van der Waals surface area contributed by atoms with Gasteiger partial charge in [-0.05, 0) is 39.5 Å². The number of rotatable bonds is 6. The van der Waals surface area contributed by atoms with Crippen LogP contribution in [0.25, 0.3) is 0 Å². The van der Waals surface area contributed by atoms with Gasteiger partial charge in [-0.15, -0.1) is 0 Å². The Balaban J connectivity index is 2.76. The summed E-state index contributed by atoms with van der Waals surface area (Å²) in [5, 5.41) is 13.1. The maximum absolute atomic E-state index is 11.9. The van der Waals surface area contributed by atoms with E-state index in [-0.39, 0.29) is 11.3 Å². The number of carbonyl (C=O) groups is 1. The van der Waals surface area contributed by atoms with Crippen LogP contribution in [0.1, 0.15) is 65.2 Å². The van der Waals surface area contributed by atoms with Gasteiger partial charge in [0.2, 0.25) is 0 Å². The van der Waals surface area contributed by atoms with Gasteiger partial charge < -0.3 is 15.2 Å². The van der Waals surface area contributed by atoms with Crippen molar-refractivity contribution < 1.29 is 14.6 Å². The molecule has 0 aromatic heterocycles. The van der Waals surface area contributed by atoms with Gasteiger partial charge in [-0.3, -0.25) is 4.79 Å². The second-order valence-electron chi connectivity index (χ2n) is 6.90. The Morgan fingerprint density at radius 2 is 1.90 bits per heavy atom. The van der Waals surface area contributed by atoms with Crippen LogP contribution >= 0.6 is 0 Å². The van der Waals surface area contributed by atoms with Gasteiger partial charge in [0.25, 0.3) is 0 Å². The van der Waals surface area contributed by atoms with Crippen molar-refractivity contribution in [3.63, 3.8) is 0 Å². The quantitative estimate of drug-likeness (QED) is 0.845. The molecule has 5 heteroatoms. The Bertz CT molecular complexity index is 492. The molecule has 0 aliphatic rings. The van der Waals surface area contributed by atoms with E-state index < -0.39 is 23.8 Å². The smallest absolute Gasteiger partial charge is 0.407 e. The highest BCUT2D eigenvalue weighted by molar-refractivity contribution is 5.68. The summed E-state index contributed by atoms with van der Waals surface area (Å²) in [6, 6.07) is -0.511. The van der Waals surface area contributed by atoms with E-state index in [0.717, 1.165) is 0 Å². The zero-order chi connectivity index (χ0) is 16.4. The molecule has 0 spiro atoms. The van der Waals surface area contributed by atoms with Gasteiger partial charge in [0.15, 0.2) is 5.43 Å². The van der Waals surface area contributed by atoms with Crippen LogP contribution in [0, 0.1) is 5.92 Å². The van der Waals surface area contributed by atoms with Crippen molar-refractivity contribution in [2.45, 2.75) is 72.1 Å². The van der Waals surface area contributed by atoms with Crippen LogP contribution in [0.5, 0.6) is 0 Å². The maximum Gasteiger partial charge on any atom is 0.407 e. The average Bonchev–Trinajstić information content (AvgIpc) is 2.94. The van der Waals surface area contributed by atoms with Crippen LogP contribution < -0.4 is 10.7 Å². The zero-order valence-electron chi connectivity index (χ0n) is 13.8. The number of carbonyl (C=O) groups excluding carboxylic acids is 1. The van der Waals surface area contributed by atoms with Crippen molar-refractivity contribution in [1.82, 2.24) is 5.32 Å². The van der Waals surface area contributed by atoms with Crippen molar-refractivity contribution in [2.75, 3.05) is 0 Å². The first kappa shape index (κ1) is 17.7. The molecule has 1 unspecified atom stereocenters. The summed E-state index contributed by atoms with van der Waals surface area (Å²) in [4.78, 5) is 23.5. The van der Waals surface area contributed by atoms with Gasteiger partial charge in [-0.1, -0.05) is 20.8 Å². The first-order valence-corrected chi connectivity index (χ1v) is 7.52. The molecule has 0 saturated carbocycles. The summed E-state index contributed by atoms with van der Waals surface area (Å²) in [7, 11) is 0. The summed E-state index contributed by atoms with van der Waals surface area (Å²) in [6.45, 7) is 11.2. The van der Waals surface area contributed by atoms with E-state index in [1.807, 2.05) is 20.8 Å². The number of hydrogen-bond donors (Lipinski definition) is 2. The topological polar surface area (TPSA) is 75.6 Å². The van der Waals surface area contributed by atoms with Crippen LogP contribution in [-0.2, 0) is 11.2 Å². The highest BCUT2D eigenvalue weighted by Gasteiger charge is 2.34. The van der Waals surface area contributed by atoms with Gasteiger partial charge in [0.05, 0.1) is 6.04 Å². The second-order valence-corrected chi connectivity index (χ2v) is 6.90. The minimum absolute atomic E-state index is 0.0651. The average molecular weight is 297 g/mol. The van der Waals surface area contributed by atoms with Crippen molar-refractivity contribution in [3.8, 4) is 0 Å². The van der Waals surface area contributed by atoms with Crippen molar-refractivity contribution in [3.05, 3.63) is 21.4 Å². The molecule has 1 amide bonds. The van der Waals surface area contributed by atoms with E-state index in [9.17, 15) is 14.7 Å². The predicted molar refractivity (Wildman–Crippen MR) is 82.0 cm³/mol. The summed E-state index contributed by atoms with van der Waals surface area (Å²) in [5.41, 5.74) is 0.479. The molecule has 0 aliphatic carbocycles. The summed E-state index contributed by atoms with van der Waals surface area (Å²) in [5.74, 6) is 0.277. The number of nitrogens with one attached hydrogen (secondary N) is 1. The van der Waals surface area contributed by atoms with Crippen LogP contribution in [-0.4, -0.2) is 22.8 Å². The third-order valence-corrected chi connectivity index (χ3v) is 3.24. The van der Waals surface area contributed by atoms with Crippen molar-refractivity contribution >= 4 is 6.09 Å². The fraction of sp³-hybridized carbons (Fsp3) is 0.750. The van der Waals surface area contributed by atoms with Crippen LogP contribution in [0.4, 0.5) is 4.79 Å². The van der Waals surface area contributed by atoms with Gasteiger partial charge in [-0.2, -0.15) is 0 Å². The molecular formula is C16H27NO4. The Morgan fingerprint density at radius 1 is 1.33 bits per heavy atom. The molecule has 0 saturated heterocycles.